The van der Waals surface area contributed by atoms with Crippen molar-refractivity contribution >= 4 is 33.2 Å². The predicted molar refractivity (Wildman–Crippen MR) is 150 cm³/mol. The van der Waals surface area contributed by atoms with E-state index < -0.39 is 27.4 Å². The van der Waals surface area contributed by atoms with Gasteiger partial charge >= 0.3 is 0 Å². The van der Waals surface area contributed by atoms with Gasteiger partial charge in [0.05, 0.1) is 17.3 Å². The lowest BCUT2D eigenvalue weighted by Crippen LogP contribution is -2.51. The molecule has 0 spiro atoms. The van der Waals surface area contributed by atoms with Crippen LogP contribution < -0.4 is 10.1 Å². The van der Waals surface area contributed by atoms with Gasteiger partial charge in [0.2, 0.25) is 5.90 Å². The van der Waals surface area contributed by atoms with Crippen LogP contribution in [0.25, 0.3) is 0 Å². The van der Waals surface area contributed by atoms with Gasteiger partial charge in [-0.15, -0.1) is 0 Å². The number of nitrogens with one attached hydrogen (secondary N) is 1. The van der Waals surface area contributed by atoms with Gasteiger partial charge in [0, 0.05) is 30.2 Å². The molecular formula is C29H31ClN2O6S. The number of aliphatic hydroxyl groups excluding tert-OH is 1. The van der Waals surface area contributed by atoms with E-state index in [0.29, 0.717) is 29.4 Å². The Kier molecular flexibility index (Phi) is 9.27. The summed E-state index contributed by atoms with van der Waals surface area (Å²) in [6.45, 7) is 2.35. The molecule has 1 amide bonds. The predicted octanol–water partition coefficient (Wildman–Crippen LogP) is 4.19. The Bertz CT molecular complexity index is 1410. The van der Waals surface area contributed by atoms with E-state index in [-0.39, 0.29) is 36.1 Å². The molecule has 0 unspecified atom stereocenters. The van der Waals surface area contributed by atoms with Crippen molar-refractivity contribution in [3.8, 4) is 5.75 Å². The fraction of sp³-hybridized carbons (Fsp3) is 0.310. The third kappa shape index (κ3) is 6.98. The van der Waals surface area contributed by atoms with Crippen molar-refractivity contribution < 1.29 is 27.8 Å². The highest BCUT2D eigenvalue weighted by Gasteiger charge is 2.50. The molecule has 0 fully saturated rings. The molecule has 10 heteroatoms. The highest BCUT2D eigenvalue weighted by atomic mass is 35.5. The Morgan fingerprint density at radius 3 is 2.54 bits per heavy atom. The van der Waals surface area contributed by atoms with Crippen LogP contribution in [0.1, 0.15) is 30.9 Å². The lowest BCUT2D eigenvalue weighted by atomic mass is 9.90. The summed E-state index contributed by atoms with van der Waals surface area (Å²) in [5, 5.41) is 12.4. The maximum absolute atomic E-state index is 13.7. The Hall–Kier alpha value is -3.40. The minimum atomic E-state index is -3.67. The van der Waals surface area contributed by atoms with E-state index in [0.717, 1.165) is 5.56 Å². The number of halogens is 1. The third-order valence-electron chi connectivity index (χ3n) is 6.52. The first-order chi connectivity index (χ1) is 18.7. The Morgan fingerprint density at radius 2 is 1.85 bits per heavy atom. The van der Waals surface area contributed by atoms with Gasteiger partial charge in [0.1, 0.15) is 11.9 Å². The van der Waals surface area contributed by atoms with Crippen molar-refractivity contribution in [2.24, 2.45) is 4.99 Å². The molecule has 206 valence electrons. The van der Waals surface area contributed by atoms with Gasteiger partial charge in [-0.2, -0.15) is 0 Å². The average Bonchev–Trinajstić information content (AvgIpc) is 3.29. The second kappa shape index (κ2) is 12.6. The normalized spacial score (nSPS) is 18.7. The summed E-state index contributed by atoms with van der Waals surface area (Å²) in [5.74, 6) is 0.152. The van der Waals surface area contributed by atoms with E-state index in [1.54, 1.807) is 67.6 Å². The first kappa shape index (κ1) is 28.6. The molecule has 0 radical (unpaired) electrons. The van der Waals surface area contributed by atoms with Gasteiger partial charge in [0.15, 0.2) is 15.4 Å². The van der Waals surface area contributed by atoms with Gasteiger partial charge in [-0.05, 0) is 67.4 Å². The average molecular weight is 571 g/mol. The van der Waals surface area contributed by atoms with Crippen LogP contribution in [0.3, 0.4) is 0 Å². The first-order valence-electron chi connectivity index (χ1n) is 12.6. The summed E-state index contributed by atoms with van der Waals surface area (Å²) in [5.41, 5.74) is -0.0336. The molecule has 4 rings (SSSR count). The molecule has 0 saturated carbocycles. The summed E-state index contributed by atoms with van der Waals surface area (Å²) in [6.07, 6.45) is -0.273. The lowest BCUT2D eigenvalue weighted by Gasteiger charge is -2.28. The largest absolute Gasteiger partial charge is 0.494 e. The zero-order valence-electron chi connectivity index (χ0n) is 21.5. The molecule has 0 aliphatic carbocycles. The SMILES string of the molecule is C[C@H]1OC(c2ccc(OCCCO)cc2)=N[C@@]1(CCS(=O)(=O)c1ccccc1)C(=O)NCc1cccc(Cl)c1. The van der Waals surface area contributed by atoms with Crippen molar-refractivity contribution in [3.05, 3.63) is 95.0 Å². The number of carbonyl (C=O) groups is 1. The number of sulfone groups is 1. The molecule has 39 heavy (non-hydrogen) atoms. The molecule has 0 saturated heterocycles. The maximum Gasteiger partial charge on any atom is 0.252 e. The molecule has 0 bridgehead atoms. The second-order valence-corrected chi connectivity index (χ2v) is 11.8. The topological polar surface area (TPSA) is 114 Å². The van der Waals surface area contributed by atoms with Crippen molar-refractivity contribution in [2.75, 3.05) is 19.0 Å². The van der Waals surface area contributed by atoms with Crippen molar-refractivity contribution in [1.29, 1.82) is 0 Å². The van der Waals surface area contributed by atoms with Crippen LogP contribution in [0.4, 0.5) is 0 Å². The van der Waals surface area contributed by atoms with E-state index in [1.165, 1.54) is 12.1 Å². The van der Waals surface area contributed by atoms with E-state index in [1.807, 2.05) is 6.07 Å². The van der Waals surface area contributed by atoms with E-state index >= 15 is 0 Å². The Balaban J connectivity index is 1.60. The monoisotopic (exact) mass is 570 g/mol. The summed E-state index contributed by atoms with van der Waals surface area (Å²) >= 11 is 6.09. The highest BCUT2D eigenvalue weighted by Crippen LogP contribution is 2.34. The smallest absolute Gasteiger partial charge is 0.252 e. The first-order valence-corrected chi connectivity index (χ1v) is 14.7. The highest BCUT2D eigenvalue weighted by molar-refractivity contribution is 7.91. The molecule has 3 aromatic carbocycles. The molecule has 1 heterocycles. The Labute approximate surface area is 233 Å². The molecule has 1 aliphatic rings. The number of benzene rings is 3. The van der Waals surface area contributed by atoms with Gasteiger partial charge in [-0.25, -0.2) is 13.4 Å². The van der Waals surface area contributed by atoms with Gasteiger partial charge in [-0.1, -0.05) is 41.9 Å². The van der Waals surface area contributed by atoms with Crippen LogP contribution >= 0.6 is 11.6 Å². The van der Waals surface area contributed by atoms with Crippen molar-refractivity contribution in [3.63, 3.8) is 0 Å². The van der Waals surface area contributed by atoms with Crippen LogP contribution in [0.2, 0.25) is 5.02 Å². The number of aliphatic hydroxyl groups is 1. The number of hydrogen-bond donors (Lipinski definition) is 2. The fourth-order valence-electron chi connectivity index (χ4n) is 4.27. The zero-order valence-corrected chi connectivity index (χ0v) is 23.1. The standard InChI is InChI=1S/C29H31ClN2O6S/c1-21-29(15-18-39(35,36)26-9-3-2-4-10-26,28(34)31-20-22-7-5-8-24(30)19-22)32-27(38-21)23-11-13-25(14-12-23)37-17-6-16-33/h2-5,7-14,19,21,33H,6,15-18,20H2,1H3,(H,31,34)/t21-,29-/m1/s1. The number of rotatable bonds is 12. The van der Waals surface area contributed by atoms with Crippen LogP contribution in [0.15, 0.2) is 88.8 Å². The van der Waals surface area contributed by atoms with E-state index in [2.05, 4.69) is 5.32 Å². The third-order valence-corrected chi connectivity index (χ3v) is 8.49. The maximum atomic E-state index is 13.7. The number of amides is 1. The number of aliphatic imine (C=N–C) groups is 1. The van der Waals surface area contributed by atoms with Gasteiger partial charge in [0.25, 0.3) is 5.91 Å². The zero-order chi connectivity index (χ0) is 27.9. The molecular weight excluding hydrogens is 540 g/mol. The minimum absolute atomic E-state index is 0.0437. The number of hydrogen-bond acceptors (Lipinski definition) is 7. The van der Waals surface area contributed by atoms with E-state index in [4.69, 9.17) is 31.2 Å². The van der Waals surface area contributed by atoms with Gasteiger partial charge in [-0.3, -0.25) is 4.79 Å². The molecule has 8 nitrogen and oxygen atoms in total. The van der Waals surface area contributed by atoms with Crippen LogP contribution in [0.5, 0.6) is 5.75 Å². The van der Waals surface area contributed by atoms with Crippen molar-refractivity contribution in [2.45, 2.75) is 42.8 Å². The number of nitrogens with zero attached hydrogens (tertiary/aromatic N) is 1. The summed E-state index contributed by atoms with van der Waals surface area (Å²) in [7, 11) is -3.67. The second-order valence-electron chi connectivity index (χ2n) is 9.25. The summed E-state index contributed by atoms with van der Waals surface area (Å²) in [4.78, 5) is 18.6. The van der Waals surface area contributed by atoms with Crippen LogP contribution in [-0.4, -0.2) is 55.9 Å². The molecule has 2 N–H and O–H groups in total. The number of carbonyl (C=O) groups excluding carboxylic acids is 1. The molecule has 1 aliphatic heterocycles. The van der Waals surface area contributed by atoms with E-state index in [9.17, 15) is 13.2 Å². The molecule has 2 atom stereocenters. The fourth-order valence-corrected chi connectivity index (χ4v) is 5.87. The van der Waals surface area contributed by atoms with Crippen LogP contribution in [-0.2, 0) is 25.9 Å². The lowest BCUT2D eigenvalue weighted by molar-refractivity contribution is -0.128. The quantitative estimate of drug-likeness (QED) is 0.316. The van der Waals surface area contributed by atoms with Crippen molar-refractivity contribution in [1.82, 2.24) is 5.32 Å². The Morgan fingerprint density at radius 1 is 1.10 bits per heavy atom. The summed E-state index contributed by atoms with van der Waals surface area (Å²) in [6, 6.07) is 22.3. The summed E-state index contributed by atoms with van der Waals surface area (Å²) < 4.78 is 37.9. The number of ether oxygens (including phenoxy) is 2. The molecule has 3 aromatic rings. The van der Waals surface area contributed by atoms with Crippen LogP contribution in [0, 0.1) is 0 Å². The van der Waals surface area contributed by atoms with Gasteiger partial charge < -0.3 is 19.9 Å². The molecule has 0 aromatic heterocycles. The minimum Gasteiger partial charge on any atom is -0.494 e.